The van der Waals surface area contributed by atoms with Crippen molar-refractivity contribution in [3.05, 3.63) is 63.0 Å². The Labute approximate surface area is 122 Å². The second kappa shape index (κ2) is 7.17. The van der Waals surface area contributed by atoms with E-state index in [-0.39, 0.29) is 9.92 Å². The largest absolute Gasteiger partial charge is 0.324 e. The van der Waals surface area contributed by atoms with Crippen molar-refractivity contribution in [2.24, 2.45) is 0 Å². The lowest BCUT2D eigenvalue weighted by Crippen LogP contribution is -2.25. The highest BCUT2D eigenvalue weighted by Gasteiger charge is 2.10. The van der Waals surface area contributed by atoms with Crippen molar-refractivity contribution >= 4 is 16.3 Å². The van der Waals surface area contributed by atoms with Crippen LogP contribution in [-0.2, 0) is 13.0 Å². The van der Waals surface area contributed by atoms with Crippen LogP contribution in [0.5, 0.6) is 0 Å². The third-order valence-corrected chi connectivity index (χ3v) is 4.11. The van der Waals surface area contributed by atoms with Crippen LogP contribution >= 0.6 is 11.3 Å². The Balaban J connectivity index is 1.74. The van der Waals surface area contributed by atoms with Crippen LogP contribution in [-0.4, -0.2) is 11.0 Å². The fourth-order valence-corrected chi connectivity index (χ4v) is 2.70. The Morgan fingerprint density at radius 2 is 2.05 bits per heavy atom. The van der Waals surface area contributed by atoms with Gasteiger partial charge in [-0.15, -0.1) is 0 Å². The fraction of sp³-hybridized carbons (Fsp3) is 0.333. The predicted molar refractivity (Wildman–Crippen MR) is 82.0 cm³/mol. The van der Waals surface area contributed by atoms with Crippen molar-refractivity contribution in [2.45, 2.75) is 32.4 Å². The normalized spacial score (nSPS) is 12.2. The second-order valence-electron chi connectivity index (χ2n) is 4.86. The first-order chi connectivity index (χ1) is 9.65. The molecule has 0 saturated heterocycles. The second-order valence-corrected chi connectivity index (χ2v) is 5.75. The summed E-state index contributed by atoms with van der Waals surface area (Å²) >= 11 is 1.18. The molecule has 4 nitrogen and oxygen atoms in total. The highest BCUT2D eigenvalue weighted by atomic mass is 32.1. The summed E-state index contributed by atoms with van der Waals surface area (Å²) < 4.78 is 0. The van der Waals surface area contributed by atoms with Gasteiger partial charge in [-0.2, -0.15) is 0 Å². The maximum atomic E-state index is 10.6. The van der Waals surface area contributed by atoms with Crippen LogP contribution in [0.1, 0.15) is 24.5 Å². The van der Waals surface area contributed by atoms with Gasteiger partial charge in [0.05, 0.1) is 4.92 Å². The number of rotatable bonds is 7. The van der Waals surface area contributed by atoms with E-state index in [9.17, 15) is 10.1 Å². The summed E-state index contributed by atoms with van der Waals surface area (Å²) in [5.41, 5.74) is 2.32. The van der Waals surface area contributed by atoms with Crippen LogP contribution in [0.4, 0.5) is 5.00 Å². The molecule has 0 aliphatic rings. The Kier molecular flexibility index (Phi) is 5.26. The number of nitrogens with one attached hydrogen (secondary N) is 1. The van der Waals surface area contributed by atoms with Crippen molar-refractivity contribution in [2.75, 3.05) is 0 Å². The molecule has 1 atom stereocenters. The van der Waals surface area contributed by atoms with Gasteiger partial charge >= 0.3 is 5.00 Å². The molecule has 0 radical (unpaired) electrons. The van der Waals surface area contributed by atoms with E-state index in [1.165, 1.54) is 16.9 Å². The van der Waals surface area contributed by atoms with Crippen LogP contribution in [0.2, 0.25) is 0 Å². The average Bonchev–Trinajstić information content (AvgIpc) is 2.93. The van der Waals surface area contributed by atoms with Crippen molar-refractivity contribution in [3.63, 3.8) is 0 Å². The minimum atomic E-state index is -0.340. The van der Waals surface area contributed by atoms with Crippen molar-refractivity contribution in [1.82, 2.24) is 5.32 Å². The van der Waals surface area contributed by atoms with Gasteiger partial charge in [-0.1, -0.05) is 41.7 Å². The van der Waals surface area contributed by atoms with E-state index in [4.69, 9.17) is 0 Å². The highest BCUT2D eigenvalue weighted by Crippen LogP contribution is 2.22. The maximum absolute atomic E-state index is 10.6. The minimum Gasteiger partial charge on any atom is -0.310 e. The van der Waals surface area contributed by atoms with Gasteiger partial charge in [0.25, 0.3) is 0 Å². The third-order valence-electron chi connectivity index (χ3n) is 3.18. The smallest absolute Gasteiger partial charge is 0.310 e. The standard InChI is InChI=1S/C15H18N2O2S/c1-12(7-8-13-5-3-2-4-6-13)16-10-14-9-15(17(18)19)20-11-14/h2-6,9,11-12,16H,7-8,10H2,1H3. The Morgan fingerprint density at radius 3 is 2.70 bits per heavy atom. The molecule has 0 aliphatic carbocycles. The zero-order valence-corrected chi connectivity index (χ0v) is 12.2. The first kappa shape index (κ1) is 14.7. The molecular weight excluding hydrogens is 272 g/mol. The summed E-state index contributed by atoms with van der Waals surface area (Å²) in [7, 11) is 0. The molecule has 1 N–H and O–H groups in total. The molecule has 0 bridgehead atoms. The number of nitrogens with zero attached hydrogens (tertiary/aromatic N) is 1. The van der Waals surface area contributed by atoms with Crippen LogP contribution < -0.4 is 5.32 Å². The number of benzene rings is 1. The van der Waals surface area contributed by atoms with Gasteiger partial charge in [0.2, 0.25) is 0 Å². The van der Waals surface area contributed by atoms with E-state index in [2.05, 4.69) is 36.5 Å². The van der Waals surface area contributed by atoms with E-state index in [0.29, 0.717) is 12.6 Å². The van der Waals surface area contributed by atoms with Gasteiger partial charge in [0.1, 0.15) is 0 Å². The van der Waals surface area contributed by atoms with Crippen LogP contribution in [0.3, 0.4) is 0 Å². The summed E-state index contributed by atoms with van der Waals surface area (Å²) in [6, 6.07) is 12.4. The molecule has 0 saturated carbocycles. The number of nitro groups is 1. The SMILES string of the molecule is CC(CCc1ccccc1)NCc1csc([N+](=O)[O-])c1. The van der Waals surface area contributed by atoms with E-state index in [1.54, 1.807) is 6.07 Å². The van der Waals surface area contributed by atoms with Crippen LogP contribution in [0.15, 0.2) is 41.8 Å². The zero-order chi connectivity index (χ0) is 14.4. The Bertz CT molecular complexity index is 554. The lowest BCUT2D eigenvalue weighted by atomic mass is 10.1. The van der Waals surface area contributed by atoms with Crippen molar-refractivity contribution in [3.8, 4) is 0 Å². The molecular formula is C15H18N2O2S. The molecule has 20 heavy (non-hydrogen) atoms. The average molecular weight is 290 g/mol. The number of hydrogen-bond acceptors (Lipinski definition) is 4. The molecule has 1 aromatic heterocycles. The van der Waals surface area contributed by atoms with Crippen molar-refractivity contribution in [1.29, 1.82) is 0 Å². The first-order valence-electron chi connectivity index (χ1n) is 6.64. The molecule has 2 aromatic rings. The molecule has 1 heterocycles. The van der Waals surface area contributed by atoms with E-state index >= 15 is 0 Å². The summed E-state index contributed by atoms with van der Waals surface area (Å²) in [6.07, 6.45) is 2.09. The topological polar surface area (TPSA) is 55.2 Å². The molecule has 0 spiro atoms. The number of aryl methyl sites for hydroxylation is 1. The molecule has 1 aromatic carbocycles. The van der Waals surface area contributed by atoms with Gasteiger partial charge in [0, 0.05) is 24.0 Å². The van der Waals surface area contributed by atoms with Gasteiger partial charge in [-0.3, -0.25) is 10.1 Å². The Hall–Kier alpha value is -1.72. The quantitative estimate of drug-likeness (QED) is 0.624. The molecule has 0 amide bonds. The van der Waals surface area contributed by atoms with Crippen LogP contribution in [0.25, 0.3) is 0 Å². The van der Waals surface area contributed by atoms with Crippen LogP contribution in [0, 0.1) is 10.1 Å². The van der Waals surface area contributed by atoms with E-state index < -0.39 is 0 Å². The van der Waals surface area contributed by atoms with E-state index in [0.717, 1.165) is 18.4 Å². The maximum Gasteiger partial charge on any atom is 0.324 e. The predicted octanol–water partition coefficient (Wildman–Crippen LogP) is 3.77. The lowest BCUT2D eigenvalue weighted by Gasteiger charge is -2.13. The summed E-state index contributed by atoms with van der Waals surface area (Å²) in [4.78, 5) is 10.3. The lowest BCUT2D eigenvalue weighted by molar-refractivity contribution is -0.380. The van der Waals surface area contributed by atoms with Gasteiger partial charge in [0.15, 0.2) is 0 Å². The van der Waals surface area contributed by atoms with Crippen molar-refractivity contribution < 1.29 is 4.92 Å². The molecule has 1 unspecified atom stereocenters. The minimum absolute atomic E-state index is 0.207. The summed E-state index contributed by atoms with van der Waals surface area (Å²) in [5.74, 6) is 0. The first-order valence-corrected chi connectivity index (χ1v) is 7.52. The monoisotopic (exact) mass is 290 g/mol. The van der Waals surface area contributed by atoms with Gasteiger partial charge in [-0.25, -0.2) is 0 Å². The molecule has 0 fully saturated rings. The Morgan fingerprint density at radius 1 is 1.30 bits per heavy atom. The van der Waals surface area contributed by atoms with Gasteiger partial charge < -0.3 is 5.32 Å². The molecule has 2 rings (SSSR count). The third kappa shape index (κ3) is 4.43. The molecule has 5 heteroatoms. The highest BCUT2D eigenvalue weighted by molar-refractivity contribution is 7.13. The fourth-order valence-electron chi connectivity index (χ4n) is 1.97. The number of thiophene rings is 1. The number of hydrogen-bond donors (Lipinski definition) is 1. The molecule has 106 valence electrons. The van der Waals surface area contributed by atoms with E-state index in [1.807, 2.05) is 11.4 Å². The summed E-state index contributed by atoms with van der Waals surface area (Å²) in [5, 5.41) is 16.1. The zero-order valence-electron chi connectivity index (χ0n) is 11.4. The van der Waals surface area contributed by atoms with Gasteiger partial charge in [-0.05, 0) is 30.9 Å². The summed E-state index contributed by atoms with van der Waals surface area (Å²) in [6.45, 7) is 2.82. The molecule has 0 aliphatic heterocycles.